The maximum Gasteiger partial charge on any atom is 0.252 e. The molecule has 2 aromatic heterocycles. The van der Waals surface area contributed by atoms with Gasteiger partial charge in [-0.3, -0.25) is 4.79 Å². The number of hydrogen-bond donors (Lipinski definition) is 1. The highest BCUT2D eigenvalue weighted by molar-refractivity contribution is 8.00. The molecule has 0 unspecified atom stereocenters. The molecule has 0 radical (unpaired) electrons. The Morgan fingerprint density at radius 3 is 2.76 bits per heavy atom. The first-order chi connectivity index (χ1) is 12.1. The van der Waals surface area contributed by atoms with Gasteiger partial charge in [-0.2, -0.15) is 9.78 Å². The lowest BCUT2D eigenvalue weighted by Gasteiger charge is -2.16. The zero-order valence-electron chi connectivity index (χ0n) is 13.3. The lowest BCUT2D eigenvalue weighted by Crippen LogP contribution is -2.16. The average molecular weight is 372 g/mol. The maximum atomic E-state index is 12.3. The molecule has 3 aromatic rings. The van der Waals surface area contributed by atoms with Gasteiger partial charge >= 0.3 is 0 Å². The van der Waals surface area contributed by atoms with Crippen LogP contribution in [-0.4, -0.2) is 31.4 Å². The maximum absolute atomic E-state index is 12.3. The fourth-order valence-electron chi connectivity index (χ4n) is 2.86. The molecule has 1 amide bonds. The molecule has 25 heavy (non-hydrogen) atoms. The molecular formula is C17H14ClN5OS. The van der Waals surface area contributed by atoms with Crippen molar-refractivity contribution in [2.24, 2.45) is 0 Å². The van der Waals surface area contributed by atoms with Crippen molar-refractivity contribution < 1.29 is 4.79 Å². The van der Waals surface area contributed by atoms with Gasteiger partial charge in [-0.1, -0.05) is 29.8 Å². The smallest absolute Gasteiger partial charge is 0.252 e. The van der Waals surface area contributed by atoms with Crippen LogP contribution in [0.15, 0.2) is 42.7 Å². The zero-order valence-corrected chi connectivity index (χ0v) is 14.9. The van der Waals surface area contributed by atoms with E-state index in [4.69, 9.17) is 11.6 Å². The number of benzene rings is 1. The van der Waals surface area contributed by atoms with Gasteiger partial charge in [0.05, 0.1) is 16.7 Å². The number of thioether (sulfide) groups is 1. The van der Waals surface area contributed by atoms with E-state index in [0.717, 1.165) is 16.8 Å². The summed E-state index contributed by atoms with van der Waals surface area (Å²) in [5.41, 5.74) is 2.70. The Morgan fingerprint density at radius 1 is 1.24 bits per heavy atom. The number of hydrogen-bond acceptors (Lipinski definition) is 5. The fraction of sp³-hybridized carbons (Fsp3) is 0.176. The number of rotatable bonds is 2. The highest BCUT2D eigenvalue weighted by Crippen LogP contribution is 2.45. The standard InChI is InChI=1S/C17H14ClN5OS/c1-10-14-15(11-5-2-3-6-12(11)18)25-9-13(24)21-16(14)23(22-10)17-19-7-4-8-20-17/h2-8,15H,9H2,1H3,(H,21,24)/t15-/m1/s1. The van der Waals surface area contributed by atoms with Gasteiger partial charge in [0.1, 0.15) is 5.82 Å². The molecule has 4 rings (SSSR count). The molecule has 1 aliphatic heterocycles. The summed E-state index contributed by atoms with van der Waals surface area (Å²) in [4.78, 5) is 20.7. The van der Waals surface area contributed by atoms with E-state index in [1.807, 2.05) is 31.2 Å². The van der Waals surface area contributed by atoms with Crippen LogP contribution in [0.25, 0.3) is 5.95 Å². The number of halogens is 1. The van der Waals surface area contributed by atoms with Gasteiger partial charge in [0, 0.05) is 23.0 Å². The first-order valence-corrected chi connectivity index (χ1v) is 9.10. The van der Waals surface area contributed by atoms with Crippen molar-refractivity contribution in [2.75, 3.05) is 11.1 Å². The van der Waals surface area contributed by atoms with Crippen LogP contribution in [0, 0.1) is 6.92 Å². The van der Waals surface area contributed by atoms with Gasteiger partial charge < -0.3 is 5.32 Å². The SMILES string of the molecule is Cc1nn(-c2ncccn2)c2c1[C@@H](c1ccccc1Cl)SCC(=O)N2. The quantitative estimate of drug-likeness (QED) is 0.747. The van der Waals surface area contributed by atoms with Gasteiger partial charge in [0.2, 0.25) is 5.91 Å². The summed E-state index contributed by atoms with van der Waals surface area (Å²) in [6, 6.07) is 9.42. The second-order valence-electron chi connectivity index (χ2n) is 5.57. The lowest BCUT2D eigenvalue weighted by atomic mass is 10.0. The zero-order chi connectivity index (χ0) is 17.4. The molecule has 1 aliphatic rings. The molecule has 3 heterocycles. The van der Waals surface area contributed by atoms with Crippen LogP contribution in [0.4, 0.5) is 5.82 Å². The number of nitrogens with one attached hydrogen (secondary N) is 1. The number of aromatic nitrogens is 4. The number of carbonyl (C=O) groups excluding carboxylic acids is 1. The van der Waals surface area contributed by atoms with Crippen molar-refractivity contribution in [3.63, 3.8) is 0 Å². The van der Waals surface area contributed by atoms with Gasteiger partial charge in [0.25, 0.3) is 5.95 Å². The van der Waals surface area contributed by atoms with Crippen LogP contribution in [0.5, 0.6) is 0 Å². The van der Waals surface area contributed by atoms with E-state index in [2.05, 4.69) is 20.4 Å². The van der Waals surface area contributed by atoms with Gasteiger partial charge in [0.15, 0.2) is 0 Å². The summed E-state index contributed by atoms with van der Waals surface area (Å²) in [7, 11) is 0. The molecule has 0 fully saturated rings. The summed E-state index contributed by atoms with van der Waals surface area (Å²) in [5.74, 6) is 1.26. The third-order valence-corrected chi connectivity index (χ3v) is 5.53. The molecular weight excluding hydrogens is 358 g/mol. The van der Waals surface area contributed by atoms with Crippen LogP contribution < -0.4 is 5.32 Å². The largest absolute Gasteiger partial charge is 0.309 e. The molecule has 126 valence electrons. The number of anilines is 1. The van der Waals surface area contributed by atoms with Crippen molar-refractivity contribution in [3.05, 3.63) is 64.6 Å². The predicted octanol–water partition coefficient (Wildman–Crippen LogP) is 3.40. The summed E-state index contributed by atoms with van der Waals surface area (Å²) in [6.45, 7) is 1.92. The Kier molecular flexibility index (Phi) is 4.19. The molecule has 8 heteroatoms. The Bertz CT molecular complexity index is 943. The van der Waals surface area contributed by atoms with Crippen LogP contribution in [-0.2, 0) is 4.79 Å². The van der Waals surface area contributed by atoms with E-state index in [9.17, 15) is 4.79 Å². The van der Waals surface area contributed by atoms with E-state index in [1.54, 1.807) is 23.1 Å². The number of carbonyl (C=O) groups is 1. The third kappa shape index (κ3) is 2.89. The molecule has 0 saturated carbocycles. The minimum atomic E-state index is -0.0971. The Balaban J connectivity index is 1.92. The molecule has 1 atom stereocenters. The Hall–Kier alpha value is -2.38. The number of aryl methyl sites for hydroxylation is 1. The molecule has 6 nitrogen and oxygen atoms in total. The van der Waals surface area contributed by atoms with Crippen molar-refractivity contribution in [1.82, 2.24) is 19.7 Å². The number of fused-ring (bicyclic) bond motifs is 1. The summed E-state index contributed by atoms with van der Waals surface area (Å²) < 4.78 is 1.58. The van der Waals surface area contributed by atoms with E-state index >= 15 is 0 Å². The van der Waals surface area contributed by atoms with Crippen molar-refractivity contribution in [1.29, 1.82) is 0 Å². The van der Waals surface area contributed by atoms with Gasteiger partial charge in [-0.25, -0.2) is 9.97 Å². The molecule has 1 N–H and O–H groups in total. The summed E-state index contributed by atoms with van der Waals surface area (Å²) in [5, 5.41) is 8.08. The second-order valence-corrected chi connectivity index (χ2v) is 7.07. The molecule has 0 saturated heterocycles. The highest BCUT2D eigenvalue weighted by Gasteiger charge is 2.31. The first-order valence-electron chi connectivity index (χ1n) is 7.68. The van der Waals surface area contributed by atoms with Crippen LogP contribution in [0.3, 0.4) is 0 Å². The van der Waals surface area contributed by atoms with Gasteiger partial charge in [-0.05, 0) is 24.6 Å². The van der Waals surface area contributed by atoms with Crippen LogP contribution in [0.2, 0.25) is 5.02 Å². The average Bonchev–Trinajstić information content (AvgIpc) is 2.83. The van der Waals surface area contributed by atoms with E-state index in [1.165, 1.54) is 11.8 Å². The summed E-state index contributed by atoms with van der Waals surface area (Å²) >= 11 is 7.95. The first kappa shape index (κ1) is 16.1. The molecule has 1 aromatic carbocycles. The second kappa shape index (κ2) is 6.50. The topological polar surface area (TPSA) is 72.7 Å². The normalized spacial score (nSPS) is 16.9. The Labute approximate surface area is 153 Å². The minimum absolute atomic E-state index is 0.0853. The Morgan fingerprint density at radius 2 is 2.00 bits per heavy atom. The van der Waals surface area contributed by atoms with Crippen molar-refractivity contribution in [2.45, 2.75) is 12.2 Å². The molecule has 0 aliphatic carbocycles. The van der Waals surface area contributed by atoms with E-state index in [0.29, 0.717) is 22.5 Å². The monoisotopic (exact) mass is 371 g/mol. The van der Waals surface area contributed by atoms with E-state index < -0.39 is 0 Å². The van der Waals surface area contributed by atoms with Crippen molar-refractivity contribution >= 4 is 35.1 Å². The van der Waals surface area contributed by atoms with Crippen LogP contribution in [0.1, 0.15) is 22.1 Å². The fourth-order valence-corrected chi connectivity index (χ4v) is 4.40. The molecule has 0 spiro atoms. The minimum Gasteiger partial charge on any atom is -0.309 e. The lowest BCUT2D eigenvalue weighted by molar-refractivity contribution is -0.113. The third-order valence-electron chi connectivity index (χ3n) is 3.94. The predicted molar refractivity (Wildman–Crippen MR) is 98.3 cm³/mol. The van der Waals surface area contributed by atoms with Gasteiger partial charge in [-0.15, -0.1) is 11.8 Å². The highest BCUT2D eigenvalue weighted by atomic mass is 35.5. The van der Waals surface area contributed by atoms with E-state index in [-0.39, 0.29) is 11.2 Å². The molecule has 0 bridgehead atoms. The summed E-state index contributed by atoms with van der Waals surface area (Å²) in [6.07, 6.45) is 3.29. The number of nitrogens with zero attached hydrogens (tertiary/aromatic N) is 4. The van der Waals surface area contributed by atoms with Crippen LogP contribution >= 0.6 is 23.4 Å². The van der Waals surface area contributed by atoms with Crippen molar-refractivity contribution in [3.8, 4) is 5.95 Å². The number of amides is 1.